The minimum Gasteiger partial charge on any atom is -0.378 e. The van der Waals surface area contributed by atoms with E-state index < -0.39 is 0 Å². The lowest BCUT2D eigenvalue weighted by atomic mass is 9.91. The Morgan fingerprint density at radius 3 is 2.62 bits per heavy atom. The van der Waals surface area contributed by atoms with Crippen LogP contribution in [0.15, 0.2) is 48.5 Å². The molecule has 4 heteroatoms. The number of hydrogen-bond acceptors (Lipinski definition) is 3. The molecular weight excluding hydrogens is 298 g/mol. The van der Waals surface area contributed by atoms with Gasteiger partial charge in [0.05, 0.1) is 17.7 Å². The molecule has 0 spiro atoms. The van der Waals surface area contributed by atoms with E-state index in [1.54, 1.807) is 0 Å². The van der Waals surface area contributed by atoms with Crippen molar-refractivity contribution in [2.75, 3.05) is 10.2 Å². The van der Waals surface area contributed by atoms with Crippen LogP contribution in [0.3, 0.4) is 0 Å². The largest absolute Gasteiger partial charge is 0.378 e. The van der Waals surface area contributed by atoms with Gasteiger partial charge in [-0.05, 0) is 49.2 Å². The first-order valence-corrected chi connectivity index (χ1v) is 8.31. The molecule has 24 heavy (non-hydrogen) atoms. The standard InChI is InChI=1S/C20H21N3O/c1-3-20(24)23-14(2)12-18(17-6-4-5-7-19(17)23)22-16-10-8-15(13-21)9-11-16/h4-11,14,18,22H,3,12H2,1-2H3. The molecule has 1 heterocycles. The first-order chi connectivity index (χ1) is 11.6. The van der Waals surface area contributed by atoms with Crippen molar-refractivity contribution in [3.63, 3.8) is 0 Å². The molecule has 1 aliphatic heterocycles. The van der Waals surface area contributed by atoms with Crippen molar-refractivity contribution in [2.45, 2.75) is 38.8 Å². The second-order valence-electron chi connectivity index (χ2n) is 6.15. The Labute approximate surface area is 142 Å². The quantitative estimate of drug-likeness (QED) is 0.920. The Bertz CT molecular complexity index is 776. The Kier molecular flexibility index (Phi) is 4.52. The summed E-state index contributed by atoms with van der Waals surface area (Å²) in [4.78, 5) is 14.3. The van der Waals surface area contributed by atoms with E-state index in [1.807, 2.05) is 54.3 Å². The molecule has 122 valence electrons. The molecule has 0 saturated carbocycles. The second kappa shape index (κ2) is 6.76. The van der Waals surface area contributed by atoms with E-state index in [2.05, 4.69) is 24.4 Å². The number of amides is 1. The maximum atomic E-state index is 12.4. The molecule has 2 atom stereocenters. The second-order valence-corrected chi connectivity index (χ2v) is 6.15. The number of nitrogens with zero attached hydrogens (tertiary/aromatic N) is 2. The van der Waals surface area contributed by atoms with Gasteiger partial charge in [0.25, 0.3) is 0 Å². The van der Waals surface area contributed by atoms with Gasteiger partial charge in [-0.25, -0.2) is 0 Å². The molecule has 2 unspecified atom stereocenters. The highest BCUT2D eigenvalue weighted by molar-refractivity contribution is 5.95. The zero-order chi connectivity index (χ0) is 17.1. The lowest BCUT2D eigenvalue weighted by Gasteiger charge is -2.40. The van der Waals surface area contributed by atoms with Gasteiger partial charge in [-0.15, -0.1) is 0 Å². The van der Waals surface area contributed by atoms with E-state index in [0.29, 0.717) is 12.0 Å². The molecule has 3 rings (SSSR count). The molecule has 4 nitrogen and oxygen atoms in total. The molecule has 0 radical (unpaired) electrons. The van der Waals surface area contributed by atoms with Gasteiger partial charge in [0.15, 0.2) is 0 Å². The molecule has 0 bridgehead atoms. The minimum atomic E-state index is 0.142. The van der Waals surface area contributed by atoms with Crippen LogP contribution in [-0.2, 0) is 4.79 Å². The number of rotatable bonds is 3. The summed E-state index contributed by atoms with van der Waals surface area (Å²) >= 11 is 0. The van der Waals surface area contributed by atoms with Gasteiger partial charge in [0.2, 0.25) is 5.91 Å². The molecule has 1 amide bonds. The number of hydrogen-bond donors (Lipinski definition) is 1. The van der Waals surface area contributed by atoms with Crippen LogP contribution < -0.4 is 10.2 Å². The molecule has 2 aromatic rings. The van der Waals surface area contributed by atoms with Gasteiger partial charge in [-0.2, -0.15) is 5.26 Å². The first kappa shape index (κ1) is 16.1. The monoisotopic (exact) mass is 319 g/mol. The predicted molar refractivity (Wildman–Crippen MR) is 95.8 cm³/mol. The zero-order valence-electron chi connectivity index (χ0n) is 14.0. The number of anilines is 2. The Hall–Kier alpha value is -2.80. The van der Waals surface area contributed by atoms with E-state index in [-0.39, 0.29) is 18.0 Å². The van der Waals surface area contributed by atoms with Crippen molar-refractivity contribution in [3.05, 3.63) is 59.7 Å². The summed E-state index contributed by atoms with van der Waals surface area (Å²) < 4.78 is 0. The summed E-state index contributed by atoms with van der Waals surface area (Å²) in [7, 11) is 0. The number of nitriles is 1. The fraction of sp³-hybridized carbons (Fsp3) is 0.300. The summed E-state index contributed by atoms with van der Waals surface area (Å²) in [6.07, 6.45) is 1.36. The molecule has 0 fully saturated rings. The SMILES string of the molecule is CCC(=O)N1c2ccccc2C(Nc2ccc(C#N)cc2)CC1C. The van der Waals surface area contributed by atoms with Gasteiger partial charge < -0.3 is 10.2 Å². The number of fused-ring (bicyclic) bond motifs is 1. The number of carbonyl (C=O) groups is 1. The fourth-order valence-corrected chi connectivity index (χ4v) is 3.34. The maximum absolute atomic E-state index is 12.4. The minimum absolute atomic E-state index is 0.142. The third-order valence-electron chi connectivity index (χ3n) is 4.52. The van der Waals surface area contributed by atoms with Gasteiger partial charge in [-0.3, -0.25) is 4.79 Å². The summed E-state index contributed by atoms with van der Waals surface area (Å²) in [6, 6.07) is 18.0. The van der Waals surface area contributed by atoms with Crippen LogP contribution in [0.5, 0.6) is 0 Å². The van der Waals surface area contributed by atoms with E-state index >= 15 is 0 Å². The molecule has 1 N–H and O–H groups in total. The smallest absolute Gasteiger partial charge is 0.226 e. The van der Waals surface area contributed by atoms with Crippen molar-refractivity contribution in [1.82, 2.24) is 0 Å². The lowest BCUT2D eigenvalue weighted by molar-refractivity contribution is -0.118. The normalized spacial score (nSPS) is 19.3. The van der Waals surface area contributed by atoms with Crippen LogP contribution >= 0.6 is 0 Å². The zero-order valence-corrected chi connectivity index (χ0v) is 14.0. The third kappa shape index (κ3) is 2.98. The molecule has 0 aromatic heterocycles. The molecule has 0 saturated heterocycles. The van der Waals surface area contributed by atoms with Crippen LogP contribution in [0.2, 0.25) is 0 Å². The molecular formula is C20H21N3O. The van der Waals surface area contributed by atoms with Crippen molar-refractivity contribution >= 4 is 17.3 Å². The average Bonchev–Trinajstić information content (AvgIpc) is 2.62. The van der Waals surface area contributed by atoms with Crippen molar-refractivity contribution in [3.8, 4) is 6.07 Å². The summed E-state index contributed by atoms with van der Waals surface area (Å²) in [6.45, 7) is 4.00. The highest BCUT2D eigenvalue weighted by atomic mass is 16.2. The van der Waals surface area contributed by atoms with E-state index in [0.717, 1.165) is 23.4 Å². The topological polar surface area (TPSA) is 56.1 Å². The van der Waals surface area contributed by atoms with Gasteiger partial charge in [-0.1, -0.05) is 25.1 Å². The van der Waals surface area contributed by atoms with Gasteiger partial charge in [0, 0.05) is 23.8 Å². The van der Waals surface area contributed by atoms with Crippen LogP contribution in [0.4, 0.5) is 11.4 Å². The van der Waals surface area contributed by atoms with Crippen molar-refractivity contribution in [2.24, 2.45) is 0 Å². The molecule has 2 aromatic carbocycles. The van der Waals surface area contributed by atoms with E-state index in [9.17, 15) is 4.79 Å². The van der Waals surface area contributed by atoms with Crippen LogP contribution in [-0.4, -0.2) is 11.9 Å². The van der Waals surface area contributed by atoms with Gasteiger partial charge >= 0.3 is 0 Å². The predicted octanol–water partition coefficient (Wildman–Crippen LogP) is 4.25. The average molecular weight is 319 g/mol. The Morgan fingerprint density at radius 1 is 1.25 bits per heavy atom. The summed E-state index contributed by atoms with van der Waals surface area (Å²) in [5, 5.41) is 12.5. The third-order valence-corrected chi connectivity index (χ3v) is 4.52. The van der Waals surface area contributed by atoms with E-state index in [4.69, 9.17) is 5.26 Å². The number of carbonyl (C=O) groups excluding carboxylic acids is 1. The van der Waals surface area contributed by atoms with Gasteiger partial charge in [0.1, 0.15) is 0 Å². The summed E-state index contributed by atoms with van der Waals surface area (Å²) in [5.74, 6) is 0.159. The summed E-state index contributed by atoms with van der Waals surface area (Å²) in [5.41, 5.74) is 3.77. The molecule has 1 aliphatic rings. The van der Waals surface area contributed by atoms with Crippen LogP contribution in [0.25, 0.3) is 0 Å². The first-order valence-electron chi connectivity index (χ1n) is 8.31. The van der Waals surface area contributed by atoms with Crippen molar-refractivity contribution in [1.29, 1.82) is 5.26 Å². The fourth-order valence-electron chi connectivity index (χ4n) is 3.34. The Morgan fingerprint density at radius 2 is 1.96 bits per heavy atom. The van der Waals surface area contributed by atoms with E-state index in [1.165, 1.54) is 0 Å². The number of benzene rings is 2. The maximum Gasteiger partial charge on any atom is 0.226 e. The Balaban J connectivity index is 1.91. The van der Waals surface area contributed by atoms with Crippen LogP contribution in [0.1, 0.15) is 43.9 Å². The molecule has 0 aliphatic carbocycles. The number of para-hydroxylation sites is 1. The van der Waals surface area contributed by atoms with Crippen LogP contribution in [0, 0.1) is 11.3 Å². The lowest BCUT2D eigenvalue weighted by Crippen LogP contribution is -2.44. The highest BCUT2D eigenvalue weighted by Crippen LogP contribution is 2.39. The van der Waals surface area contributed by atoms with Crippen molar-refractivity contribution < 1.29 is 4.79 Å². The number of nitrogens with one attached hydrogen (secondary N) is 1. The highest BCUT2D eigenvalue weighted by Gasteiger charge is 2.32.